The molecule has 0 aromatic heterocycles. The molecule has 0 fully saturated rings. The molecule has 0 saturated heterocycles. The van der Waals surface area contributed by atoms with E-state index in [1.54, 1.807) is 7.11 Å². The monoisotopic (exact) mass is 355 g/mol. The number of hydrogen-bond donors (Lipinski definition) is 1. The number of nitrogens with one attached hydrogen (secondary N) is 1. The van der Waals surface area contributed by atoms with E-state index < -0.39 is 0 Å². The molecule has 0 spiro atoms. The van der Waals surface area contributed by atoms with Crippen molar-refractivity contribution in [3.05, 3.63) is 27.2 Å². The van der Waals surface area contributed by atoms with Crippen LogP contribution in [0.25, 0.3) is 0 Å². The Kier molecular flexibility index (Phi) is 8.35. The summed E-state index contributed by atoms with van der Waals surface area (Å²) >= 11 is 3.70. The van der Waals surface area contributed by atoms with Crippen molar-refractivity contribution in [2.45, 2.75) is 65.8 Å². The second kappa shape index (κ2) is 9.47. The lowest BCUT2D eigenvalue weighted by Crippen LogP contribution is -2.24. The van der Waals surface area contributed by atoms with Crippen molar-refractivity contribution in [1.82, 2.24) is 5.32 Å². The number of ether oxygens (including phenoxy) is 1. The molecule has 1 unspecified atom stereocenters. The van der Waals surface area contributed by atoms with Crippen molar-refractivity contribution >= 4 is 15.9 Å². The van der Waals surface area contributed by atoms with Gasteiger partial charge in [-0.3, -0.25) is 0 Å². The Hall–Kier alpha value is -0.540. The zero-order chi connectivity index (χ0) is 15.8. The smallest absolute Gasteiger partial charge is 0.126 e. The molecule has 0 saturated carbocycles. The van der Waals surface area contributed by atoms with Crippen LogP contribution in [0, 0.1) is 13.8 Å². The lowest BCUT2D eigenvalue weighted by molar-refractivity contribution is 0.388. The SMILES string of the molecule is CCCCCC(NCCC)c1c(C)c(Br)cc(C)c1OC. The van der Waals surface area contributed by atoms with Gasteiger partial charge in [0.1, 0.15) is 5.75 Å². The first-order valence-corrected chi connectivity index (χ1v) is 8.93. The molecule has 1 N–H and O–H groups in total. The van der Waals surface area contributed by atoms with Crippen molar-refractivity contribution in [3.63, 3.8) is 0 Å². The molecule has 2 nitrogen and oxygen atoms in total. The van der Waals surface area contributed by atoms with E-state index in [9.17, 15) is 0 Å². The van der Waals surface area contributed by atoms with Crippen LogP contribution in [-0.2, 0) is 0 Å². The third kappa shape index (κ3) is 5.00. The Morgan fingerprint density at radius 2 is 1.90 bits per heavy atom. The van der Waals surface area contributed by atoms with Crippen molar-refractivity contribution in [1.29, 1.82) is 0 Å². The number of rotatable bonds is 9. The summed E-state index contributed by atoms with van der Waals surface area (Å²) in [4.78, 5) is 0. The van der Waals surface area contributed by atoms with Gasteiger partial charge in [-0.1, -0.05) is 49.0 Å². The maximum Gasteiger partial charge on any atom is 0.126 e. The largest absolute Gasteiger partial charge is 0.496 e. The minimum Gasteiger partial charge on any atom is -0.496 e. The Balaban J connectivity index is 3.14. The molecule has 0 radical (unpaired) electrons. The lowest BCUT2D eigenvalue weighted by atomic mass is 9.93. The van der Waals surface area contributed by atoms with Crippen molar-refractivity contribution in [3.8, 4) is 5.75 Å². The van der Waals surface area contributed by atoms with Gasteiger partial charge in [-0.05, 0) is 50.4 Å². The number of unbranched alkanes of at least 4 members (excludes halogenated alkanes) is 2. The lowest BCUT2D eigenvalue weighted by Gasteiger charge is -2.25. The van der Waals surface area contributed by atoms with E-state index in [0.717, 1.165) is 18.7 Å². The summed E-state index contributed by atoms with van der Waals surface area (Å²) < 4.78 is 6.89. The first-order valence-electron chi connectivity index (χ1n) is 8.13. The van der Waals surface area contributed by atoms with Gasteiger partial charge in [0.05, 0.1) is 7.11 Å². The average Bonchev–Trinajstić information content (AvgIpc) is 2.46. The van der Waals surface area contributed by atoms with Crippen LogP contribution in [0.1, 0.15) is 68.7 Å². The number of hydrogen-bond acceptors (Lipinski definition) is 2. The predicted octanol–water partition coefficient (Wildman–Crippen LogP) is 5.70. The molecule has 1 aromatic carbocycles. The van der Waals surface area contributed by atoms with Gasteiger partial charge in [0.25, 0.3) is 0 Å². The molecular weight excluding hydrogens is 326 g/mol. The zero-order valence-corrected chi connectivity index (χ0v) is 15.8. The zero-order valence-electron chi connectivity index (χ0n) is 14.2. The molecule has 0 aliphatic rings. The Morgan fingerprint density at radius 3 is 2.48 bits per heavy atom. The fraction of sp³-hybridized carbons (Fsp3) is 0.667. The maximum absolute atomic E-state index is 5.72. The quantitative estimate of drug-likeness (QED) is 0.574. The van der Waals surface area contributed by atoms with Crippen LogP contribution in [0.15, 0.2) is 10.5 Å². The van der Waals surface area contributed by atoms with E-state index in [1.165, 1.54) is 46.8 Å². The highest BCUT2D eigenvalue weighted by Crippen LogP contribution is 2.38. The Morgan fingerprint density at radius 1 is 1.19 bits per heavy atom. The highest BCUT2D eigenvalue weighted by Gasteiger charge is 2.21. The summed E-state index contributed by atoms with van der Waals surface area (Å²) in [6.07, 6.45) is 6.12. The third-order valence-corrected chi connectivity index (χ3v) is 4.82. The van der Waals surface area contributed by atoms with Gasteiger partial charge in [0.2, 0.25) is 0 Å². The molecule has 0 bridgehead atoms. The number of benzene rings is 1. The van der Waals surface area contributed by atoms with Crippen LogP contribution >= 0.6 is 15.9 Å². The van der Waals surface area contributed by atoms with Crippen LogP contribution in [0.3, 0.4) is 0 Å². The van der Waals surface area contributed by atoms with Crippen molar-refractivity contribution in [2.75, 3.05) is 13.7 Å². The molecule has 3 heteroatoms. The standard InChI is InChI=1S/C18H30BrNO/c1-6-8-9-10-16(20-11-7-2)17-14(4)15(19)12-13(3)18(17)21-5/h12,16,20H,6-11H2,1-5H3. The molecule has 21 heavy (non-hydrogen) atoms. The average molecular weight is 356 g/mol. The van der Waals surface area contributed by atoms with Crippen molar-refractivity contribution < 1.29 is 4.74 Å². The predicted molar refractivity (Wildman–Crippen MR) is 95.3 cm³/mol. The van der Waals surface area contributed by atoms with E-state index in [1.807, 2.05) is 0 Å². The van der Waals surface area contributed by atoms with E-state index >= 15 is 0 Å². The molecule has 0 amide bonds. The molecule has 0 aliphatic carbocycles. The minimum atomic E-state index is 0.377. The Labute approximate surface area is 138 Å². The first kappa shape index (κ1) is 18.5. The molecule has 0 aliphatic heterocycles. The van der Waals surface area contributed by atoms with Crippen LogP contribution in [0.2, 0.25) is 0 Å². The maximum atomic E-state index is 5.72. The summed E-state index contributed by atoms with van der Waals surface area (Å²) in [7, 11) is 1.78. The van der Waals surface area contributed by atoms with Gasteiger partial charge in [-0.2, -0.15) is 0 Å². The number of halogens is 1. The topological polar surface area (TPSA) is 21.3 Å². The Bertz CT molecular complexity index is 445. The van der Waals surface area contributed by atoms with E-state index in [-0.39, 0.29) is 0 Å². The molecule has 0 heterocycles. The summed E-state index contributed by atoms with van der Waals surface area (Å²) in [5.74, 6) is 1.04. The molecule has 1 rings (SSSR count). The molecular formula is C18H30BrNO. The van der Waals surface area contributed by atoms with Crippen LogP contribution in [-0.4, -0.2) is 13.7 Å². The fourth-order valence-corrected chi connectivity index (χ4v) is 3.39. The second-order valence-electron chi connectivity index (χ2n) is 5.75. The summed E-state index contributed by atoms with van der Waals surface area (Å²) in [5.41, 5.74) is 3.82. The molecule has 1 aromatic rings. The molecule has 120 valence electrons. The highest BCUT2D eigenvalue weighted by molar-refractivity contribution is 9.10. The number of aryl methyl sites for hydroxylation is 1. The first-order chi connectivity index (χ1) is 10.1. The normalized spacial score (nSPS) is 12.5. The van der Waals surface area contributed by atoms with E-state index in [4.69, 9.17) is 4.74 Å². The summed E-state index contributed by atoms with van der Waals surface area (Å²) in [5, 5.41) is 3.71. The number of methoxy groups -OCH3 is 1. The van der Waals surface area contributed by atoms with Crippen LogP contribution in [0.4, 0.5) is 0 Å². The van der Waals surface area contributed by atoms with Gasteiger partial charge in [0.15, 0.2) is 0 Å². The van der Waals surface area contributed by atoms with Crippen LogP contribution in [0.5, 0.6) is 5.75 Å². The molecule has 1 atom stereocenters. The van der Waals surface area contributed by atoms with Gasteiger partial charge in [-0.25, -0.2) is 0 Å². The third-order valence-electron chi connectivity index (χ3n) is 4.00. The highest BCUT2D eigenvalue weighted by atomic mass is 79.9. The van der Waals surface area contributed by atoms with Gasteiger partial charge >= 0.3 is 0 Å². The van der Waals surface area contributed by atoms with Crippen molar-refractivity contribution in [2.24, 2.45) is 0 Å². The summed E-state index contributed by atoms with van der Waals surface area (Å²) in [6, 6.07) is 2.53. The van der Waals surface area contributed by atoms with Gasteiger partial charge in [0, 0.05) is 16.1 Å². The second-order valence-corrected chi connectivity index (χ2v) is 6.60. The van der Waals surface area contributed by atoms with Gasteiger partial charge < -0.3 is 10.1 Å². The van der Waals surface area contributed by atoms with Gasteiger partial charge in [-0.15, -0.1) is 0 Å². The minimum absolute atomic E-state index is 0.377. The fourth-order valence-electron chi connectivity index (χ4n) is 2.83. The van der Waals surface area contributed by atoms with E-state index in [2.05, 4.69) is 55.0 Å². The van der Waals surface area contributed by atoms with E-state index in [0.29, 0.717) is 6.04 Å². The summed E-state index contributed by atoms with van der Waals surface area (Å²) in [6.45, 7) is 9.82. The van der Waals surface area contributed by atoms with Crippen LogP contribution < -0.4 is 10.1 Å².